The zero-order valence-electron chi connectivity index (χ0n) is 10.6. The van der Waals surface area contributed by atoms with E-state index in [4.69, 9.17) is 16.7 Å². The fourth-order valence-electron chi connectivity index (χ4n) is 1.40. The minimum Gasteiger partial charge on any atom is -0.480 e. The summed E-state index contributed by atoms with van der Waals surface area (Å²) in [6.45, 7) is 1.08. The monoisotopic (exact) mass is 338 g/mol. The number of aliphatic hydroxyl groups excluding tert-OH is 1. The predicted octanol–water partition coefficient (Wildman–Crippen LogP) is 0.361. The second-order valence-corrected chi connectivity index (χ2v) is 6.14. The molecule has 116 valence electrons. The number of hydrogen-bond acceptors (Lipinski definition) is 6. The Morgan fingerprint density at radius 2 is 2.05 bits per heavy atom. The molecule has 1 aromatic carbocycles. The predicted molar refractivity (Wildman–Crippen MR) is 71.5 cm³/mol. The average Bonchev–Trinajstić information content (AvgIpc) is 2.35. The first-order valence-electron chi connectivity index (χ1n) is 5.43. The molecule has 11 heteroatoms. The van der Waals surface area contributed by atoms with Crippen LogP contribution in [0.5, 0.6) is 0 Å². The third-order valence-corrected chi connectivity index (χ3v) is 4.37. The number of aliphatic carboxylic acids is 1. The molecule has 9 nitrogen and oxygen atoms in total. The molecule has 0 saturated heterocycles. The molecule has 0 spiro atoms. The van der Waals surface area contributed by atoms with Crippen LogP contribution in [0.25, 0.3) is 0 Å². The van der Waals surface area contributed by atoms with E-state index < -0.39 is 43.6 Å². The number of rotatable bonds is 6. The van der Waals surface area contributed by atoms with Crippen LogP contribution in [0.2, 0.25) is 5.02 Å². The second kappa shape index (κ2) is 6.35. The summed E-state index contributed by atoms with van der Waals surface area (Å²) in [4.78, 5) is 20.1. The first kappa shape index (κ1) is 17.3. The largest absolute Gasteiger partial charge is 0.480 e. The molecular weight excluding hydrogens is 328 g/mol. The summed E-state index contributed by atoms with van der Waals surface area (Å²) in [5.74, 6) is -1.60. The van der Waals surface area contributed by atoms with E-state index in [9.17, 15) is 28.4 Å². The van der Waals surface area contributed by atoms with E-state index >= 15 is 0 Å². The van der Waals surface area contributed by atoms with Gasteiger partial charge in [0.25, 0.3) is 5.69 Å². The van der Waals surface area contributed by atoms with Gasteiger partial charge in [-0.05, 0) is 13.0 Å². The van der Waals surface area contributed by atoms with Gasteiger partial charge in [0.2, 0.25) is 10.0 Å². The Balaban J connectivity index is 3.27. The summed E-state index contributed by atoms with van der Waals surface area (Å²) in [6.07, 6.45) is -1.52. The van der Waals surface area contributed by atoms with E-state index in [-0.39, 0.29) is 5.02 Å². The van der Waals surface area contributed by atoms with Crippen molar-refractivity contribution in [1.82, 2.24) is 4.72 Å². The Hall–Kier alpha value is -1.75. The highest BCUT2D eigenvalue weighted by molar-refractivity contribution is 7.89. The molecule has 0 amide bonds. The molecule has 1 rings (SSSR count). The molecule has 0 aromatic heterocycles. The lowest BCUT2D eigenvalue weighted by Gasteiger charge is -2.17. The number of nitro benzene ring substituents is 1. The number of sulfonamides is 1. The fourth-order valence-corrected chi connectivity index (χ4v) is 3.18. The van der Waals surface area contributed by atoms with Gasteiger partial charge in [-0.15, -0.1) is 0 Å². The maximum atomic E-state index is 12.1. The average molecular weight is 339 g/mol. The number of carboxylic acids is 1. The SMILES string of the molecule is CC(O)C(NS(=O)(=O)c1cc([N+](=O)[O-])ccc1Cl)C(=O)O. The first-order chi connectivity index (χ1) is 9.56. The van der Waals surface area contributed by atoms with Crippen molar-refractivity contribution in [3.8, 4) is 0 Å². The van der Waals surface area contributed by atoms with Crippen molar-refractivity contribution in [2.45, 2.75) is 24.0 Å². The lowest BCUT2D eigenvalue weighted by atomic mass is 10.2. The molecule has 0 aliphatic carbocycles. The number of aliphatic hydroxyl groups is 1. The van der Waals surface area contributed by atoms with Crippen molar-refractivity contribution in [1.29, 1.82) is 0 Å². The summed E-state index contributed by atoms with van der Waals surface area (Å²) < 4.78 is 25.8. The van der Waals surface area contributed by atoms with E-state index in [0.29, 0.717) is 6.07 Å². The number of nitro groups is 1. The standard InChI is InChI=1S/C10H11ClN2O7S/c1-5(14)9(10(15)16)12-21(19,20)8-4-6(13(17)18)2-3-7(8)11/h2-5,9,12,14H,1H3,(H,15,16). The van der Waals surface area contributed by atoms with Crippen LogP contribution in [-0.4, -0.2) is 41.7 Å². The summed E-state index contributed by atoms with van der Waals surface area (Å²) in [5, 5.41) is 28.4. The van der Waals surface area contributed by atoms with Gasteiger partial charge in [-0.25, -0.2) is 8.42 Å². The topological polar surface area (TPSA) is 147 Å². The maximum Gasteiger partial charge on any atom is 0.324 e. The molecule has 0 fully saturated rings. The molecular formula is C10H11ClN2O7S. The van der Waals surface area contributed by atoms with Crippen LogP contribution < -0.4 is 4.72 Å². The maximum absolute atomic E-state index is 12.1. The van der Waals surface area contributed by atoms with Crippen molar-refractivity contribution in [2.75, 3.05) is 0 Å². The Kier molecular flexibility index (Phi) is 5.23. The minimum absolute atomic E-state index is 0.317. The fraction of sp³-hybridized carbons (Fsp3) is 0.300. The van der Waals surface area contributed by atoms with Gasteiger partial charge in [-0.3, -0.25) is 14.9 Å². The molecule has 0 heterocycles. The second-order valence-electron chi connectivity index (χ2n) is 4.05. The highest BCUT2D eigenvalue weighted by Crippen LogP contribution is 2.26. The zero-order chi connectivity index (χ0) is 16.4. The molecule has 2 atom stereocenters. The van der Waals surface area contributed by atoms with Crippen LogP contribution >= 0.6 is 11.6 Å². The van der Waals surface area contributed by atoms with Crippen LogP contribution in [0.15, 0.2) is 23.1 Å². The summed E-state index contributed by atoms with van der Waals surface area (Å²) >= 11 is 5.68. The molecule has 3 N–H and O–H groups in total. The van der Waals surface area contributed by atoms with Crippen LogP contribution in [0.4, 0.5) is 5.69 Å². The number of hydrogen-bond donors (Lipinski definition) is 3. The summed E-state index contributed by atoms with van der Waals surface area (Å²) in [5.41, 5.74) is -0.524. The van der Waals surface area contributed by atoms with Gasteiger partial charge >= 0.3 is 5.97 Å². The number of nitrogens with zero attached hydrogens (tertiary/aromatic N) is 1. The summed E-state index contributed by atoms with van der Waals surface area (Å²) in [7, 11) is -4.46. The van der Waals surface area contributed by atoms with Gasteiger partial charge in [0.15, 0.2) is 0 Å². The number of carboxylic acid groups (broad SMARTS) is 1. The van der Waals surface area contributed by atoms with Crippen molar-refractivity contribution in [2.24, 2.45) is 0 Å². The Morgan fingerprint density at radius 3 is 2.48 bits per heavy atom. The van der Waals surface area contributed by atoms with Crippen LogP contribution in [-0.2, 0) is 14.8 Å². The van der Waals surface area contributed by atoms with Crippen molar-refractivity contribution >= 4 is 33.3 Å². The van der Waals surface area contributed by atoms with Gasteiger partial charge in [0.05, 0.1) is 16.0 Å². The molecule has 0 radical (unpaired) electrons. The van der Waals surface area contributed by atoms with E-state index in [1.54, 1.807) is 4.72 Å². The number of non-ortho nitro benzene ring substituents is 1. The van der Waals surface area contributed by atoms with E-state index in [1.165, 1.54) is 0 Å². The van der Waals surface area contributed by atoms with Gasteiger partial charge in [0.1, 0.15) is 10.9 Å². The van der Waals surface area contributed by atoms with Crippen molar-refractivity contribution in [3.63, 3.8) is 0 Å². The van der Waals surface area contributed by atoms with Crippen molar-refractivity contribution in [3.05, 3.63) is 33.3 Å². The van der Waals surface area contributed by atoms with E-state index in [2.05, 4.69) is 0 Å². The van der Waals surface area contributed by atoms with Crippen LogP contribution in [0.1, 0.15) is 6.92 Å². The Morgan fingerprint density at radius 1 is 1.48 bits per heavy atom. The van der Waals surface area contributed by atoms with Gasteiger partial charge in [0, 0.05) is 12.1 Å². The first-order valence-corrected chi connectivity index (χ1v) is 7.29. The normalized spacial score (nSPS) is 14.4. The molecule has 0 saturated carbocycles. The smallest absolute Gasteiger partial charge is 0.324 e. The third-order valence-electron chi connectivity index (χ3n) is 2.45. The molecule has 0 bridgehead atoms. The molecule has 0 aliphatic rings. The zero-order valence-corrected chi connectivity index (χ0v) is 12.1. The van der Waals surface area contributed by atoms with Gasteiger partial charge < -0.3 is 10.2 Å². The molecule has 0 aliphatic heterocycles. The Labute approximate surface area is 124 Å². The van der Waals surface area contributed by atoms with Crippen LogP contribution in [0.3, 0.4) is 0 Å². The molecule has 21 heavy (non-hydrogen) atoms. The van der Waals surface area contributed by atoms with Crippen LogP contribution in [0, 0.1) is 10.1 Å². The third kappa shape index (κ3) is 4.11. The highest BCUT2D eigenvalue weighted by atomic mass is 35.5. The number of nitrogens with one attached hydrogen (secondary N) is 1. The quantitative estimate of drug-likeness (QED) is 0.501. The number of halogens is 1. The van der Waals surface area contributed by atoms with Gasteiger partial charge in [-0.1, -0.05) is 11.6 Å². The molecule has 1 aromatic rings. The lowest BCUT2D eigenvalue weighted by Crippen LogP contribution is -2.47. The summed E-state index contributed by atoms with van der Waals surface area (Å²) in [6, 6.07) is 0.897. The van der Waals surface area contributed by atoms with E-state index in [1.807, 2.05) is 0 Å². The van der Waals surface area contributed by atoms with Crippen molar-refractivity contribution < 1.29 is 28.3 Å². The Bertz CT molecular complexity index is 674. The number of carbonyl (C=O) groups is 1. The number of benzene rings is 1. The van der Waals surface area contributed by atoms with E-state index in [0.717, 1.165) is 19.1 Å². The minimum atomic E-state index is -4.46. The van der Waals surface area contributed by atoms with Gasteiger partial charge in [-0.2, -0.15) is 4.72 Å². The lowest BCUT2D eigenvalue weighted by molar-refractivity contribution is -0.385. The highest BCUT2D eigenvalue weighted by Gasteiger charge is 2.31. The molecule has 2 unspecified atom stereocenters.